The molecule has 1 N–H and O–H groups in total. The number of benzene rings is 2. The van der Waals surface area contributed by atoms with Crippen LogP contribution in [0.25, 0.3) is 11.3 Å². The Labute approximate surface area is 178 Å². The molecule has 0 saturated heterocycles. The molecule has 1 heterocycles. The SMILES string of the molecule is CCOC(=O)c1sc(NC(=O)c2ccc(CS(C)(=O)=O)cc2)nc1-c1ccccc1. The summed E-state index contributed by atoms with van der Waals surface area (Å²) in [5.41, 5.74) is 2.13. The van der Waals surface area contributed by atoms with Gasteiger partial charge in [-0.05, 0) is 24.6 Å². The third kappa shape index (κ3) is 5.52. The fraction of sp³-hybridized carbons (Fsp3) is 0.190. The van der Waals surface area contributed by atoms with E-state index in [1.807, 2.05) is 30.3 Å². The number of hydrogen-bond donors (Lipinski definition) is 1. The standard InChI is InChI=1S/C21H20N2O5S2/c1-3-28-20(25)18-17(15-7-5-4-6-8-15)22-21(29-18)23-19(24)16-11-9-14(10-12-16)13-30(2,26)27/h4-12H,3,13H2,1-2H3,(H,22,23,24). The number of nitrogens with one attached hydrogen (secondary N) is 1. The van der Waals surface area contributed by atoms with Gasteiger partial charge in [0.15, 0.2) is 15.0 Å². The number of thiazole rings is 1. The number of aromatic nitrogens is 1. The van der Waals surface area contributed by atoms with E-state index in [2.05, 4.69) is 10.3 Å². The van der Waals surface area contributed by atoms with E-state index in [0.29, 0.717) is 21.7 Å². The maximum atomic E-state index is 12.6. The summed E-state index contributed by atoms with van der Waals surface area (Å²) in [4.78, 5) is 29.7. The largest absolute Gasteiger partial charge is 0.462 e. The first-order valence-corrected chi connectivity index (χ1v) is 12.0. The van der Waals surface area contributed by atoms with Gasteiger partial charge < -0.3 is 4.74 Å². The predicted molar refractivity (Wildman–Crippen MR) is 116 cm³/mol. The summed E-state index contributed by atoms with van der Waals surface area (Å²) in [6, 6.07) is 15.5. The predicted octanol–water partition coefficient (Wildman–Crippen LogP) is 3.78. The third-order valence-electron chi connectivity index (χ3n) is 4.00. The fourth-order valence-corrected chi connectivity index (χ4v) is 4.40. The highest BCUT2D eigenvalue weighted by Gasteiger charge is 2.21. The number of amides is 1. The van der Waals surface area contributed by atoms with Gasteiger partial charge in [0, 0.05) is 17.4 Å². The monoisotopic (exact) mass is 444 g/mol. The number of sulfone groups is 1. The Morgan fingerprint density at radius 2 is 1.73 bits per heavy atom. The molecule has 0 fully saturated rings. The smallest absolute Gasteiger partial charge is 0.350 e. The Hall–Kier alpha value is -3.04. The highest BCUT2D eigenvalue weighted by atomic mass is 32.2. The fourth-order valence-electron chi connectivity index (χ4n) is 2.72. The average molecular weight is 445 g/mol. The average Bonchev–Trinajstić information content (AvgIpc) is 3.12. The number of anilines is 1. The minimum absolute atomic E-state index is 0.0925. The van der Waals surface area contributed by atoms with Gasteiger partial charge in [0.25, 0.3) is 5.91 Å². The zero-order valence-corrected chi connectivity index (χ0v) is 18.0. The van der Waals surface area contributed by atoms with E-state index in [-0.39, 0.29) is 17.5 Å². The first-order chi connectivity index (χ1) is 14.3. The van der Waals surface area contributed by atoms with Crippen molar-refractivity contribution in [2.75, 3.05) is 18.2 Å². The molecule has 7 nitrogen and oxygen atoms in total. The van der Waals surface area contributed by atoms with Gasteiger partial charge in [-0.15, -0.1) is 0 Å². The van der Waals surface area contributed by atoms with Gasteiger partial charge in [0.2, 0.25) is 0 Å². The summed E-state index contributed by atoms with van der Waals surface area (Å²) < 4.78 is 27.9. The van der Waals surface area contributed by atoms with Crippen molar-refractivity contribution in [1.82, 2.24) is 4.98 Å². The van der Waals surface area contributed by atoms with Crippen LogP contribution in [0.5, 0.6) is 0 Å². The molecule has 2 aromatic carbocycles. The second-order valence-electron chi connectivity index (χ2n) is 6.50. The number of rotatable bonds is 7. The molecule has 0 spiro atoms. The molecular formula is C21H20N2O5S2. The summed E-state index contributed by atoms with van der Waals surface area (Å²) in [7, 11) is -3.15. The van der Waals surface area contributed by atoms with E-state index in [0.717, 1.165) is 23.2 Å². The third-order valence-corrected chi connectivity index (χ3v) is 5.81. The van der Waals surface area contributed by atoms with E-state index in [9.17, 15) is 18.0 Å². The normalized spacial score (nSPS) is 11.1. The first-order valence-electron chi connectivity index (χ1n) is 9.08. The molecule has 0 aliphatic carbocycles. The lowest BCUT2D eigenvalue weighted by molar-refractivity contribution is 0.0532. The van der Waals surface area contributed by atoms with E-state index in [1.165, 1.54) is 0 Å². The van der Waals surface area contributed by atoms with Gasteiger partial charge in [-0.3, -0.25) is 10.1 Å². The zero-order valence-electron chi connectivity index (χ0n) is 16.4. The lowest BCUT2D eigenvalue weighted by atomic mass is 10.1. The lowest BCUT2D eigenvalue weighted by Crippen LogP contribution is -2.11. The van der Waals surface area contributed by atoms with Crippen molar-refractivity contribution in [2.24, 2.45) is 0 Å². The quantitative estimate of drug-likeness (QED) is 0.556. The molecule has 0 radical (unpaired) electrons. The number of carbonyl (C=O) groups excluding carboxylic acids is 2. The van der Waals surface area contributed by atoms with Crippen molar-refractivity contribution in [3.63, 3.8) is 0 Å². The van der Waals surface area contributed by atoms with E-state index < -0.39 is 21.7 Å². The Kier molecular flexibility index (Phi) is 6.63. The van der Waals surface area contributed by atoms with Crippen molar-refractivity contribution in [2.45, 2.75) is 12.7 Å². The molecule has 3 aromatic rings. The number of ether oxygens (including phenoxy) is 1. The second-order valence-corrected chi connectivity index (χ2v) is 9.64. The Bertz CT molecular complexity index is 1150. The van der Waals surface area contributed by atoms with Crippen LogP contribution in [0.4, 0.5) is 5.13 Å². The molecule has 30 heavy (non-hydrogen) atoms. The molecule has 1 aromatic heterocycles. The minimum Gasteiger partial charge on any atom is -0.462 e. The summed E-state index contributed by atoms with van der Waals surface area (Å²) in [5.74, 6) is -1.01. The van der Waals surface area contributed by atoms with Crippen LogP contribution < -0.4 is 5.32 Å². The van der Waals surface area contributed by atoms with Gasteiger partial charge in [-0.25, -0.2) is 18.2 Å². The van der Waals surface area contributed by atoms with Crippen LogP contribution in [0.1, 0.15) is 32.5 Å². The molecule has 0 saturated carbocycles. The molecule has 0 bridgehead atoms. The molecule has 1 amide bonds. The summed E-state index contributed by atoms with van der Waals surface area (Å²) in [6.45, 7) is 1.95. The van der Waals surface area contributed by atoms with Crippen LogP contribution in [0, 0.1) is 0 Å². The van der Waals surface area contributed by atoms with Gasteiger partial charge in [0.1, 0.15) is 4.88 Å². The van der Waals surface area contributed by atoms with E-state index >= 15 is 0 Å². The number of esters is 1. The Morgan fingerprint density at radius 1 is 1.07 bits per heavy atom. The van der Waals surface area contributed by atoms with Crippen molar-refractivity contribution >= 4 is 38.2 Å². The summed E-state index contributed by atoms with van der Waals surface area (Å²) in [5, 5.41) is 2.96. The van der Waals surface area contributed by atoms with E-state index in [1.54, 1.807) is 31.2 Å². The maximum absolute atomic E-state index is 12.6. The topological polar surface area (TPSA) is 102 Å². The summed E-state index contributed by atoms with van der Waals surface area (Å²) in [6.07, 6.45) is 1.15. The summed E-state index contributed by atoms with van der Waals surface area (Å²) >= 11 is 1.04. The Morgan fingerprint density at radius 3 is 2.33 bits per heavy atom. The Balaban J connectivity index is 1.84. The van der Waals surface area contributed by atoms with Gasteiger partial charge in [-0.1, -0.05) is 53.8 Å². The second kappa shape index (κ2) is 9.19. The molecule has 0 aliphatic heterocycles. The maximum Gasteiger partial charge on any atom is 0.350 e. The minimum atomic E-state index is -3.15. The van der Waals surface area contributed by atoms with Crippen LogP contribution in [-0.2, 0) is 20.3 Å². The molecule has 3 rings (SSSR count). The molecule has 0 unspecified atom stereocenters. The molecular weight excluding hydrogens is 424 g/mol. The van der Waals surface area contributed by atoms with Crippen molar-refractivity contribution in [3.05, 3.63) is 70.6 Å². The molecule has 156 valence electrons. The van der Waals surface area contributed by atoms with Crippen LogP contribution in [0.15, 0.2) is 54.6 Å². The first kappa shape index (κ1) is 21.7. The van der Waals surface area contributed by atoms with Crippen LogP contribution in [0.2, 0.25) is 0 Å². The molecule has 9 heteroatoms. The number of nitrogens with zero attached hydrogens (tertiary/aromatic N) is 1. The number of carbonyl (C=O) groups is 2. The highest BCUT2D eigenvalue weighted by molar-refractivity contribution is 7.89. The zero-order chi connectivity index (χ0) is 21.7. The molecule has 0 aliphatic rings. The van der Waals surface area contributed by atoms with Gasteiger partial charge in [-0.2, -0.15) is 0 Å². The van der Waals surface area contributed by atoms with Crippen LogP contribution in [-0.4, -0.2) is 38.1 Å². The van der Waals surface area contributed by atoms with E-state index in [4.69, 9.17) is 4.74 Å². The van der Waals surface area contributed by atoms with Gasteiger partial charge >= 0.3 is 5.97 Å². The lowest BCUT2D eigenvalue weighted by Gasteiger charge is -2.04. The van der Waals surface area contributed by atoms with Gasteiger partial charge in [0.05, 0.1) is 18.1 Å². The van der Waals surface area contributed by atoms with Crippen LogP contribution >= 0.6 is 11.3 Å². The van der Waals surface area contributed by atoms with Crippen molar-refractivity contribution in [1.29, 1.82) is 0 Å². The highest BCUT2D eigenvalue weighted by Crippen LogP contribution is 2.32. The molecule has 0 atom stereocenters. The number of hydrogen-bond acceptors (Lipinski definition) is 7. The van der Waals surface area contributed by atoms with Crippen LogP contribution in [0.3, 0.4) is 0 Å². The van der Waals surface area contributed by atoms with Crippen molar-refractivity contribution in [3.8, 4) is 11.3 Å². The van der Waals surface area contributed by atoms with Crippen molar-refractivity contribution < 1.29 is 22.7 Å².